The first-order valence-corrected chi connectivity index (χ1v) is 6.63. The van der Waals surface area contributed by atoms with Crippen LogP contribution in [0.25, 0.3) is 0 Å². The van der Waals surface area contributed by atoms with E-state index in [0.717, 1.165) is 5.56 Å². The summed E-state index contributed by atoms with van der Waals surface area (Å²) < 4.78 is 0. The van der Waals surface area contributed by atoms with Crippen LogP contribution in [0.4, 0.5) is 0 Å². The summed E-state index contributed by atoms with van der Waals surface area (Å²) in [7, 11) is 0. The van der Waals surface area contributed by atoms with Crippen molar-refractivity contribution in [2.45, 2.75) is 50.9 Å². The molecule has 0 aromatic heterocycles. The van der Waals surface area contributed by atoms with Crippen LogP contribution in [0.5, 0.6) is 0 Å². The second-order valence-electron chi connectivity index (χ2n) is 5.03. The summed E-state index contributed by atoms with van der Waals surface area (Å²) in [5.74, 6) is 0.402. The lowest BCUT2D eigenvalue weighted by molar-refractivity contribution is -0.117. The topological polar surface area (TPSA) is 43.1 Å². The highest BCUT2D eigenvalue weighted by atomic mass is 16.1. The second-order valence-corrected chi connectivity index (χ2v) is 5.03. The van der Waals surface area contributed by atoms with E-state index in [1.165, 1.54) is 44.1 Å². The van der Waals surface area contributed by atoms with Crippen LogP contribution < -0.4 is 5.73 Å². The lowest BCUT2D eigenvalue weighted by Gasteiger charge is -2.18. The van der Waals surface area contributed by atoms with E-state index in [2.05, 4.69) is 12.1 Å². The molecule has 2 heteroatoms. The fourth-order valence-electron chi connectivity index (χ4n) is 2.87. The van der Waals surface area contributed by atoms with Gasteiger partial charge in [0.2, 0.25) is 5.91 Å². The van der Waals surface area contributed by atoms with Gasteiger partial charge in [0.1, 0.15) is 0 Å². The van der Waals surface area contributed by atoms with Gasteiger partial charge in [0.15, 0.2) is 0 Å². The molecule has 0 radical (unpaired) electrons. The molecule has 0 bridgehead atoms. The first kappa shape index (κ1) is 12.2. The molecule has 1 aliphatic rings. The third-order valence-corrected chi connectivity index (χ3v) is 3.71. The monoisotopic (exact) mass is 231 g/mol. The molecule has 1 aromatic carbocycles. The molecule has 0 aliphatic heterocycles. The average Bonchev–Trinajstić information content (AvgIpc) is 2.57. The van der Waals surface area contributed by atoms with Gasteiger partial charge in [0.05, 0.1) is 6.42 Å². The van der Waals surface area contributed by atoms with Crippen molar-refractivity contribution in [2.75, 3.05) is 0 Å². The van der Waals surface area contributed by atoms with E-state index in [9.17, 15) is 4.79 Å². The van der Waals surface area contributed by atoms with Gasteiger partial charge in [0.25, 0.3) is 0 Å². The molecule has 1 aliphatic carbocycles. The molecule has 1 fully saturated rings. The van der Waals surface area contributed by atoms with Crippen LogP contribution in [-0.4, -0.2) is 5.91 Å². The van der Waals surface area contributed by atoms with Crippen molar-refractivity contribution in [3.8, 4) is 0 Å². The quantitative estimate of drug-likeness (QED) is 0.798. The van der Waals surface area contributed by atoms with Crippen molar-refractivity contribution in [1.82, 2.24) is 0 Å². The van der Waals surface area contributed by atoms with Gasteiger partial charge in [-0.2, -0.15) is 0 Å². The van der Waals surface area contributed by atoms with Gasteiger partial charge in [0, 0.05) is 0 Å². The number of amides is 1. The second kappa shape index (κ2) is 5.85. The van der Waals surface area contributed by atoms with E-state index in [0.29, 0.717) is 12.3 Å². The van der Waals surface area contributed by atoms with Gasteiger partial charge in [-0.3, -0.25) is 4.79 Å². The Morgan fingerprint density at radius 1 is 1.12 bits per heavy atom. The summed E-state index contributed by atoms with van der Waals surface area (Å²) >= 11 is 0. The molecular weight excluding hydrogens is 210 g/mol. The number of primary amides is 1. The SMILES string of the molecule is NC(=O)Cc1ccccc1C1CCCCCC1. The smallest absolute Gasteiger partial charge is 0.221 e. The molecule has 2 rings (SSSR count). The molecule has 1 saturated carbocycles. The highest BCUT2D eigenvalue weighted by Crippen LogP contribution is 2.33. The molecule has 92 valence electrons. The maximum atomic E-state index is 11.1. The van der Waals surface area contributed by atoms with E-state index >= 15 is 0 Å². The van der Waals surface area contributed by atoms with Crippen LogP contribution in [0.3, 0.4) is 0 Å². The van der Waals surface area contributed by atoms with Gasteiger partial charge in [-0.1, -0.05) is 49.9 Å². The first-order chi connectivity index (χ1) is 8.27. The minimum absolute atomic E-state index is 0.230. The summed E-state index contributed by atoms with van der Waals surface area (Å²) in [5.41, 5.74) is 7.80. The van der Waals surface area contributed by atoms with Crippen LogP contribution in [-0.2, 0) is 11.2 Å². The van der Waals surface area contributed by atoms with Crippen molar-refractivity contribution < 1.29 is 4.79 Å². The zero-order valence-corrected chi connectivity index (χ0v) is 10.3. The van der Waals surface area contributed by atoms with Crippen molar-refractivity contribution in [3.63, 3.8) is 0 Å². The minimum Gasteiger partial charge on any atom is -0.369 e. The van der Waals surface area contributed by atoms with Crippen LogP contribution in [0, 0.1) is 0 Å². The van der Waals surface area contributed by atoms with Gasteiger partial charge in [-0.25, -0.2) is 0 Å². The Balaban J connectivity index is 2.20. The molecule has 1 amide bonds. The van der Waals surface area contributed by atoms with Gasteiger partial charge < -0.3 is 5.73 Å². The van der Waals surface area contributed by atoms with E-state index < -0.39 is 0 Å². The Labute approximate surface area is 103 Å². The molecule has 1 aromatic rings. The van der Waals surface area contributed by atoms with Crippen molar-refractivity contribution in [3.05, 3.63) is 35.4 Å². The molecular formula is C15H21NO. The molecule has 0 unspecified atom stereocenters. The number of hydrogen-bond acceptors (Lipinski definition) is 1. The number of nitrogens with two attached hydrogens (primary N) is 1. The van der Waals surface area contributed by atoms with E-state index in [-0.39, 0.29) is 5.91 Å². The minimum atomic E-state index is -0.230. The van der Waals surface area contributed by atoms with Gasteiger partial charge in [-0.15, -0.1) is 0 Å². The maximum absolute atomic E-state index is 11.1. The number of hydrogen-bond donors (Lipinski definition) is 1. The maximum Gasteiger partial charge on any atom is 0.221 e. The summed E-state index contributed by atoms with van der Waals surface area (Å²) in [6.07, 6.45) is 8.24. The number of carbonyl (C=O) groups excluding carboxylic acids is 1. The number of rotatable bonds is 3. The highest BCUT2D eigenvalue weighted by molar-refractivity contribution is 5.77. The fraction of sp³-hybridized carbons (Fsp3) is 0.533. The molecule has 0 atom stereocenters. The van der Waals surface area contributed by atoms with E-state index in [1.807, 2.05) is 12.1 Å². The molecule has 0 heterocycles. The molecule has 2 N–H and O–H groups in total. The van der Waals surface area contributed by atoms with Crippen molar-refractivity contribution in [1.29, 1.82) is 0 Å². The third kappa shape index (κ3) is 3.32. The van der Waals surface area contributed by atoms with E-state index in [4.69, 9.17) is 5.73 Å². The lowest BCUT2D eigenvalue weighted by Crippen LogP contribution is -2.15. The molecule has 0 spiro atoms. The Morgan fingerprint density at radius 3 is 2.41 bits per heavy atom. The van der Waals surface area contributed by atoms with Crippen molar-refractivity contribution >= 4 is 5.91 Å². The van der Waals surface area contributed by atoms with Crippen LogP contribution in [0.2, 0.25) is 0 Å². The van der Waals surface area contributed by atoms with Crippen molar-refractivity contribution in [2.24, 2.45) is 5.73 Å². The number of carbonyl (C=O) groups is 1. The summed E-state index contributed by atoms with van der Waals surface area (Å²) in [5, 5.41) is 0. The standard InChI is InChI=1S/C15H21NO/c16-15(17)11-13-9-5-6-10-14(13)12-7-3-1-2-4-8-12/h5-6,9-10,12H,1-4,7-8,11H2,(H2,16,17). The van der Waals surface area contributed by atoms with Crippen LogP contribution >= 0.6 is 0 Å². The predicted octanol–water partition coefficient (Wildman–Crippen LogP) is 3.15. The molecule has 2 nitrogen and oxygen atoms in total. The summed E-state index contributed by atoms with van der Waals surface area (Å²) in [6, 6.07) is 8.29. The zero-order chi connectivity index (χ0) is 12.1. The Hall–Kier alpha value is -1.31. The van der Waals surface area contributed by atoms with Gasteiger partial charge >= 0.3 is 0 Å². The van der Waals surface area contributed by atoms with Gasteiger partial charge in [-0.05, 0) is 29.9 Å². The molecule has 0 saturated heterocycles. The summed E-state index contributed by atoms with van der Waals surface area (Å²) in [4.78, 5) is 11.1. The first-order valence-electron chi connectivity index (χ1n) is 6.63. The lowest BCUT2D eigenvalue weighted by atomic mass is 9.87. The third-order valence-electron chi connectivity index (χ3n) is 3.71. The summed E-state index contributed by atoms with van der Waals surface area (Å²) in [6.45, 7) is 0. The van der Waals surface area contributed by atoms with Crippen LogP contribution in [0.1, 0.15) is 55.6 Å². The normalized spacial score (nSPS) is 17.6. The fourth-order valence-corrected chi connectivity index (χ4v) is 2.87. The largest absolute Gasteiger partial charge is 0.369 e. The number of benzene rings is 1. The van der Waals surface area contributed by atoms with Crippen LogP contribution in [0.15, 0.2) is 24.3 Å². The highest BCUT2D eigenvalue weighted by Gasteiger charge is 2.17. The Bertz CT molecular complexity index is 378. The average molecular weight is 231 g/mol. The zero-order valence-electron chi connectivity index (χ0n) is 10.3. The Morgan fingerprint density at radius 2 is 1.76 bits per heavy atom. The molecule has 17 heavy (non-hydrogen) atoms. The predicted molar refractivity (Wildman–Crippen MR) is 69.8 cm³/mol. The Kier molecular flexibility index (Phi) is 4.18. The van der Waals surface area contributed by atoms with E-state index in [1.54, 1.807) is 0 Å².